The predicted molar refractivity (Wildman–Crippen MR) is 64.0 cm³/mol. The SMILES string of the molecule is COOC(=O)c1cc(S(C)(=O)=O)ccc1C1CC1. The largest absolute Gasteiger partial charge is 0.373 e. The highest BCUT2D eigenvalue weighted by Gasteiger charge is 2.29. The standard InChI is InChI=1S/C12H14O5S/c1-16-17-12(13)11-7-9(18(2,14)15)5-6-10(11)8-3-4-8/h5-8H,3-4H2,1-2H3. The van der Waals surface area contributed by atoms with E-state index in [9.17, 15) is 13.2 Å². The number of rotatable bonds is 4. The van der Waals surface area contributed by atoms with Gasteiger partial charge in [-0.1, -0.05) is 6.07 Å². The maximum atomic E-state index is 11.7. The zero-order valence-electron chi connectivity index (χ0n) is 10.2. The smallest absolute Gasteiger partial charge is 0.293 e. The molecule has 1 aliphatic carbocycles. The van der Waals surface area contributed by atoms with Gasteiger partial charge in [0.1, 0.15) is 0 Å². The average Bonchev–Trinajstić information content (AvgIpc) is 3.11. The van der Waals surface area contributed by atoms with Crippen molar-refractivity contribution in [3.8, 4) is 0 Å². The predicted octanol–water partition coefficient (Wildman–Crippen LogP) is 1.69. The van der Waals surface area contributed by atoms with Gasteiger partial charge in [0.25, 0.3) is 0 Å². The number of carbonyl (C=O) groups is 1. The van der Waals surface area contributed by atoms with Crippen LogP contribution in [0.2, 0.25) is 0 Å². The second-order valence-electron chi connectivity index (χ2n) is 4.33. The van der Waals surface area contributed by atoms with E-state index in [0.717, 1.165) is 24.7 Å². The Hall–Kier alpha value is -1.40. The highest BCUT2D eigenvalue weighted by atomic mass is 32.2. The molecular weight excluding hydrogens is 256 g/mol. The lowest BCUT2D eigenvalue weighted by molar-refractivity contribution is -0.216. The van der Waals surface area contributed by atoms with Gasteiger partial charge in [-0.2, -0.15) is 4.89 Å². The molecule has 0 heterocycles. The van der Waals surface area contributed by atoms with E-state index in [4.69, 9.17) is 0 Å². The number of hydrogen-bond acceptors (Lipinski definition) is 5. The molecule has 0 atom stereocenters. The maximum absolute atomic E-state index is 11.7. The third-order valence-corrected chi connectivity index (χ3v) is 3.96. The highest BCUT2D eigenvalue weighted by molar-refractivity contribution is 7.90. The van der Waals surface area contributed by atoms with Crippen molar-refractivity contribution in [1.82, 2.24) is 0 Å². The Bertz CT molecular complexity index is 572. The van der Waals surface area contributed by atoms with Gasteiger partial charge in [0.15, 0.2) is 9.84 Å². The van der Waals surface area contributed by atoms with E-state index in [0.29, 0.717) is 5.92 Å². The van der Waals surface area contributed by atoms with Crippen LogP contribution in [0.25, 0.3) is 0 Å². The van der Waals surface area contributed by atoms with Crippen molar-refractivity contribution in [3.05, 3.63) is 29.3 Å². The molecule has 1 saturated carbocycles. The molecule has 0 aliphatic heterocycles. The van der Waals surface area contributed by atoms with Crippen LogP contribution in [-0.2, 0) is 19.6 Å². The van der Waals surface area contributed by atoms with Crippen molar-refractivity contribution in [2.75, 3.05) is 13.4 Å². The molecule has 1 aromatic rings. The summed E-state index contributed by atoms with van der Waals surface area (Å²) < 4.78 is 23.0. The van der Waals surface area contributed by atoms with E-state index in [1.54, 1.807) is 6.07 Å². The summed E-state index contributed by atoms with van der Waals surface area (Å²) in [5.74, 6) is -0.345. The molecule has 98 valence electrons. The number of hydrogen-bond donors (Lipinski definition) is 0. The van der Waals surface area contributed by atoms with Crippen molar-refractivity contribution in [2.24, 2.45) is 0 Å². The van der Waals surface area contributed by atoms with Crippen LogP contribution in [0, 0.1) is 0 Å². The van der Waals surface area contributed by atoms with Crippen molar-refractivity contribution >= 4 is 15.8 Å². The van der Waals surface area contributed by atoms with Crippen LogP contribution in [-0.4, -0.2) is 27.8 Å². The lowest BCUT2D eigenvalue weighted by atomic mass is 10.0. The molecule has 1 aliphatic rings. The molecule has 0 saturated heterocycles. The molecule has 0 bridgehead atoms. The Kier molecular flexibility index (Phi) is 3.41. The second kappa shape index (κ2) is 4.70. The Labute approximate surface area is 106 Å². The second-order valence-corrected chi connectivity index (χ2v) is 6.35. The number of benzene rings is 1. The minimum atomic E-state index is -3.34. The molecule has 0 unspecified atom stereocenters. The van der Waals surface area contributed by atoms with Crippen LogP contribution >= 0.6 is 0 Å². The quantitative estimate of drug-likeness (QED) is 0.615. The van der Waals surface area contributed by atoms with Crippen molar-refractivity contribution in [2.45, 2.75) is 23.7 Å². The van der Waals surface area contributed by atoms with E-state index >= 15 is 0 Å². The summed E-state index contributed by atoms with van der Waals surface area (Å²) >= 11 is 0. The third-order valence-electron chi connectivity index (χ3n) is 2.85. The van der Waals surface area contributed by atoms with Gasteiger partial charge in [-0.25, -0.2) is 13.2 Å². The summed E-state index contributed by atoms with van der Waals surface area (Å²) in [5, 5.41) is 0. The summed E-state index contributed by atoms with van der Waals surface area (Å²) in [6.45, 7) is 0. The van der Waals surface area contributed by atoms with E-state index in [-0.39, 0.29) is 10.5 Å². The molecule has 0 aromatic heterocycles. The Morgan fingerprint density at radius 3 is 2.50 bits per heavy atom. The molecule has 5 nitrogen and oxygen atoms in total. The molecule has 18 heavy (non-hydrogen) atoms. The fourth-order valence-electron chi connectivity index (χ4n) is 1.81. The fourth-order valence-corrected chi connectivity index (χ4v) is 2.46. The van der Waals surface area contributed by atoms with Crippen LogP contribution in [0.5, 0.6) is 0 Å². The van der Waals surface area contributed by atoms with Gasteiger partial charge in [0.05, 0.1) is 17.6 Å². The molecule has 0 spiro atoms. The van der Waals surface area contributed by atoms with E-state index in [1.165, 1.54) is 19.2 Å². The van der Waals surface area contributed by atoms with Gasteiger partial charge in [-0.05, 0) is 36.5 Å². The topological polar surface area (TPSA) is 69.7 Å². The van der Waals surface area contributed by atoms with Crippen molar-refractivity contribution in [1.29, 1.82) is 0 Å². The molecule has 0 amide bonds. The first-order valence-electron chi connectivity index (χ1n) is 5.52. The van der Waals surface area contributed by atoms with E-state index in [1.807, 2.05) is 0 Å². The van der Waals surface area contributed by atoms with E-state index in [2.05, 4.69) is 9.78 Å². The zero-order chi connectivity index (χ0) is 13.3. The first kappa shape index (κ1) is 13.0. The molecule has 0 radical (unpaired) electrons. The van der Waals surface area contributed by atoms with Gasteiger partial charge in [-0.3, -0.25) is 4.89 Å². The lowest BCUT2D eigenvalue weighted by Gasteiger charge is -2.08. The van der Waals surface area contributed by atoms with Gasteiger partial charge < -0.3 is 0 Å². The van der Waals surface area contributed by atoms with Gasteiger partial charge in [0.2, 0.25) is 0 Å². The summed E-state index contributed by atoms with van der Waals surface area (Å²) in [6, 6.07) is 4.55. The van der Waals surface area contributed by atoms with Crippen LogP contribution in [0.1, 0.15) is 34.7 Å². The lowest BCUT2D eigenvalue weighted by Crippen LogP contribution is -2.09. The van der Waals surface area contributed by atoms with Crippen LogP contribution < -0.4 is 0 Å². The summed E-state index contributed by atoms with van der Waals surface area (Å²) in [6.07, 6.45) is 3.11. The summed E-state index contributed by atoms with van der Waals surface area (Å²) in [5.41, 5.74) is 1.09. The van der Waals surface area contributed by atoms with Crippen LogP contribution in [0.4, 0.5) is 0 Å². The number of sulfone groups is 1. The molecule has 2 rings (SSSR count). The average molecular weight is 270 g/mol. The van der Waals surface area contributed by atoms with Crippen molar-refractivity contribution < 1.29 is 23.0 Å². The molecular formula is C12H14O5S. The van der Waals surface area contributed by atoms with E-state index < -0.39 is 15.8 Å². The Morgan fingerprint density at radius 2 is 2.00 bits per heavy atom. The number of carbonyl (C=O) groups excluding carboxylic acids is 1. The molecule has 0 N–H and O–H groups in total. The van der Waals surface area contributed by atoms with Gasteiger partial charge >= 0.3 is 5.97 Å². The fraction of sp³-hybridized carbons (Fsp3) is 0.417. The first-order valence-corrected chi connectivity index (χ1v) is 7.41. The molecule has 6 heteroatoms. The molecule has 1 fully saturated rings. The summed E-state index contributed by atoms with van der Waals surface area (Å²) in [7, 11) is -2.11. The Morgan fingerprint density at radius 1 is 1.33 bits per heavy atom. The Balaban J connectivity index is 2.47. The highest BCUT2D eigenvalue weighted by Crippen LogP contribution is 2.42. The van der Waals surface area contributed by atoms with Crippen LogP contribution in [0.3, 0.4) is 0 Å². The maximum Gasteiger partial charge on any atom is 0.373 e. The van der Waals surface area contributed by atoms with Crippen molar-refractivity contribution in [3.63, 3.8) is 0 Å². The monoisotopic (exact) mass is 270 g/mol. The van der Waals surface area contributed by atoms with Crippen LogP contribution in [0.15, 0.2) is 23.1 Å². The zero-order valence-corrected chi connectivity index (χ0v) is 11.0. The van der Waals surface area contributed by atoms with Gasteiger partial charge in [-0.15, -0.1) is 0 Å². The normalized spacial score (nSPS) is 15.4. The molecule has 1 aromatic carbocycles. The van der Waals surface area contributed by atoms with Gasteiger partial charge in [0, 0.05) is 6.26 Å². The third kappa shape index (κ3) is 2.70. The minimum absolute atomic E-state index is 0.106. The first-order chi connectivity index (χ1) is 8.43. The summed E-state index contributed by atoms with van der Waals surface area (Å²) in [4.78, 5) is 20.7. The minimum Gasteiger partial charge on any atom is -0.293 e.